The van der Waals surface area contributed by atoms with Gasteiger partial charge in [-0.05, 0) is 29.3 Å². The third-order valence-corrected chi connectivity index (χ3v) is 4.31. The Kier molecular flexibility index (Phi) is 3.55. The number of aliphatic imine (C=N–C) groups is 1. The Bertz CT molecular complexity index is 683. The highest BCUT2D eigenvalue weighted by atomic mass is 16.5. The Balaban J connectivity index is 1.99. The quantitative estimate of drug-likeness (QED) is 0.937. The van der Waals surface area contributed by atoms with Crippen LogP contribution in [-0.4, -0.2) is 37.7 Å². The Labute approximate surface area is 125 Å². The fraction of sp³-hybridized carbons (Fsp3) is 0.353. The van der Waals surface area contributed by atoms with E-state index in [2.05, 4.69) is 59.3 Å². The van der Waals surface area contributed by atoms with Gasteiger partial charge in [-0.15, -0.1) is 0 Å². The summed E-state index contributed by atoms with van der Waals surface area (Å²) in [4.78, 5) is 6.58. The molecule has 1 unspecified atom stereocenters. The largest absolute Gasteiger partial charge is 0.383 e. The predicted molar refractivity (Wildman–Crippen MR) is 86.4 cm³/mol. The van der Waals surface area contributed by atoms with Crippen LogP contribution in [-0.2, 0) is 10.3 Å². The van der Waals surface area contributed by atoms with Gasteiger partial charge in [-0.2, -0.15) is 0 Å². The van der Waals surface area contributed by atoms with Crippen LogP contribution < -0.4 is 5.73 Å². The lowest BCUT2D eigenvalue weighted by Crippen LogP contribution is -2.48. The van der Waals surface area contributed by atoms with Gasteiger partial charge in [0.1, 0.15) is 0 Å². The van der Waals surface area contributed by atoms with Crippen LogP contribution >= 0.6 is 0 Å². The minimum Gasteiger partial charge on any atom is -0.383 e. The molecule has 0 spiro atoms. The summed E-state index contributed by atoms with van der Waals surface area (Å²) in [6.07, 6.45) is 0. The molecule has 0 radical (unpaired) electrons. The number of nitrogens with zero attached hydrogens (tertiary/aromatic N) is 2. The predicted octanol–water partition coefficient (Wildman–Crippen LogP) is 2.33. The van der Waals surface area contributed by atoms with Crippen LogP contribution in [0.2, 0.25) is 0 Å². The maximum absolute atomic E-state index is 6.07. The van der Waals surface area contributed by atoms with E-state index in [0.29, 0.717) is 19.1 Å². The third kappa shape index (κ3) is 2.36. The summed E-state index contributed by atoms with van der Waals surface area (Å²) in [7, 11) is 1.71. The number of nitrogens with two attached hydrogens (primary N) is 1. The monoisotopic (exact) mass is 283 g/mol. The average molecular weight is 283 g/mol. The Morgan fingerprint density at radius 1 is 1.24 bits per heavy atom. The van der Waals surface area contributed by atoms with Crippen LogP contribution in [0.15, 0.2) is 47.5 Å². The summed E-state index contributed by atoms with van der Waals surface area (Å²) in [6.45, 7) is 4.26. The van der Waals surface area contributed by atoms with E-state index in [1.165, 1.54) is 16.3 Å². The van der Waals surface area contributed by atoms with Crippen LogP contribution in [0, 0.1) is 0 Å². The lowest BCUT2D eigenvalue weighted by atomic mass is 9.89. The van der Waals surface area contributed by atoms with Crippen molar-refractivity contribution in [3.63, 3.8) is 0 Å². The Hall–Kier alpha value is -2.07. The molecule has 2 aromatic rings. The summed E-state index contributed by atoms with van der Waals surface area (Å²) >= 11 is 0. The molecule has 21 heavy (non-hydrogen) atoms. The standard InChI is InChI=1S/C17H21N3O/c1-17(12-19-16(18)20(17)9-10-21-2)15-8-7-13-5-3-4-6-14(13)11-15/h3-8,11H,9-10,12H2,1-2H3,(H2,18,19). The third-order valence-electron chi connectivity index (χ3n) is 4.31. The number of hydrogen-bond donors (Lipinski definition) is 1. The van der Waals surface area contributed by atoms with Gasteiger partial charge in [-0.3, -0.25) is 4.99 Å². The van der Waals surface area contributed by atoms with E-state index in [4.69, 9.17) is 10.5 Å². The maximum Gasteiger partial charge on any atom is 0.192 e. The first-order chi connectivity index (χ1) is 10.1. The molecule has 4 heteroatoms. The molecule has 0 bridgehead atoms. The molecule has 1 atom stereocenters. The van der Waals surface area contributed by atoms with Crippen molar-refractivity contribution in [2.75, 3.05) is 26.8 Å². The zero-order valence-corrected chi connectivity index (χ0v) is 12.5. The van der Waals surface area contributed by atoms with Gasteiger partial charge in [0.15, 0.2) is 5.96 Å². The molecule has 0 amide bonds. The zero-order valence-electron chi connectivity index (χ0n) is 12.5. The van der Waals surface area contributed by atoms with Crippen molar-refractivity contribution in [3.8, 4) is 0 Å². The van der Waals surface area contributed by atoms with Crippen molar-refractivity contribution in [2.24, 2.45) is 10.7 Å². The summed E-state index contributed by atoms with van der Waals surface area (Å²) in [5.41, 5.74) is 7.10. The Morgan fingerprint density at radius 2 is 2.00 bits per heavy atom. The van der Waals surface area contributed by atoms with Crippen molar-refractivity contribution in [1.29, 1.82) is 0 Å². The van der Waals surface area contributed by atoms with Gasteiger partial charge in [-0.1, -0.05) is 36.4 Å². The van der Waals surface area contributed by atoms with E-state index in [-0.39, 0.29) is 5.54 Å². The normalized spacial score (nSPS) is 21.8. The molecule has 4 nitrogen and oxygen atoms in total. The van der Waals surface area contributed by atoms with E-state index >= 15 is 0 Å². The number of hydrogen-bond acceptors (Lipinski definition) is 4. The molecular weight excluding hydrogens is 262 g/mol. The van der Waals surface area contributed by atoms with Gasteiger partial charge in [0, 0.05) is 13.7 Å². The van der Waals surface area contributed by atoms with E-state index < -0.39 is 0 Å². The van der Waals surface area contributed by atoms with Crippen molar-refractivity contribution >= 4 is 16.7 Å². The zero-order chi connectivity index (χ0) is 14.9. The molecule has 2 aromatic carbocycles. The number of ether oxygens (including phenoxy) is 1. The highest BCUT2D eigenvalue weighted by molar-refractivity contribution is 5.85. The van der Waals surface area contributed by atoms with Crippen LogP contribution in [0.3, 0.4) is 0 Å². The number of rotatable bonds is 4. The van der Waals surface area contributed by atoms with Crippen LogP contribution in [0.25, 0.3) is 10.8 Å². The topological polar surface area (TPSA) is 50.9 Å². The first-order valence-electron chi connectivity index (χ1n) is 7.21. The van der Waals surface area contributed by atoms with Gasteiger partial charge in [0.25, 0.3) is 0 Å². The first-order valence-corrected chi connectivity index (χ1v) is 7.21. The molecule has 1 heterocycles. The highest BCUT2D eigenvalue weighted by Gasteiger charge is 2.39. The van der Waals surface area contributed by atoms with Gasteiger partial charge in [0.2, 0.25) is 0 Å². The first kappa shape index (κ1) is 13.9. The molecule has 0 fully saturated rings. The molecular formula is C17H21N3O. The van der Waals surface area contributed by atoms with Gasteiger partial charge in [-0.25, -0.2) is 0 Å². The lowest BCUT2D eigenvalue weighted by molar-refractivity contribution is 0.137. The second kappa shape index (κ2) is 5.37. The number of fused-ring (bicyclic) bond motifs is 1. The molecule has 1 aliphatic rings. The highest BCUT2D eigenvalue weighted by Crippen LogP contribution is 2.34. The minimum atomic E-state index is -0.202. The molecule has 0 aromatic heterocycles. The molecule has 0 saturated heterocycles. The second-order valence-corrected chi connectivity index (χ2v) is 5.65. The smallest absolute Gasteiger partial charge is 0.192 e. The molecule has 0 saturated carbocycles. The van der Waals surface area contributed by atoms with Crippen LogP contribution in [0.5, 0.6) is 0 Å². The number of methoxy groups -OCH3 is 1. The van der Waals surface area contributed by atoms with Crippen LogP contribution in [0.1, 0.15) is 12.5 Å². The average Bonchev–Trinajstić information content (AvgIpc) is 2.81. The fourth-order valence-electron chi connectivity index (χ4n) is 2.97. The number of guanidine groups is 1. The molecule has 3 rings (SSSR count). The van der Waals surface area contributed by atoms with Crippen molar-refractivity contribution in [2.45, 2.75) is 12.5 Å². The molecule has 0 aliphatic carbocycles. The summed E-state index contributed by atoms with van der Waals surface area (Å²) in [5, 5.41) is 2.49. The summed E-state index contributed by atoms with van der Waals surface area (Å²) in [5.74, 6) is 0.600. The van der Waals surface area contributed by atoms with Crippen molar-refractivity contribution in [1.82, 2.24) is 4.90 Å². The summed E-state index contributed by atoms with van der Waals surface area (Å²) in [6, 6.07) is 15.0. The molecule has 2 N–H and O–H groups in total. The van der Waals surface area contributed by atoms with E-state index in [1.807, 2.05) is 0 Å². The van der Waals surface area contributed by atoms with Crippen LogP contribution in [0.4, 0.5) is 0 Å². The van der Waals surface area contributed by atoms with Crippen molar-refractivity contribution < 1.29 is 4.74 Å². The lowest BCUT2D eigenvalue weighted by Gasteiger charge is -2.36. The SMILES string of the molecule is COCCN1C(N)=NCC1(C)c1ccc2ccccc2c1. The van der Waals surface area contributed by atoms with E-state index in [0.717, 1.165) is 6.54 Å². The number of benzene rings is 2. The Morgan fingerprint density at radius 3 is 2.76 bits per heavy atom. The second-order valence-electron chi connectivity index (χ2n) is 5.65. The van der Waals surface area contributed by atoms with Gasteiger partial charge >= 0.3 is 0 Å². The minimum absolute atomic E-state index is 0.202. The van der Waals surface area contributed by atoms with Gasteiger partial charge < -0.3 is 15.4 Å². The van der Waals surface area contributed by atoms with E-state index in [1.54, 1.807) is 7.11 Å². The van der Waals surface area contributed by atoms with Gasteiger partial charge in [0.05, 0.1) is 18.7 Å². The maximum atomic E-state index is 6.07. The molecule has 1 aliphatic heterocycles. The summed E-state index contributed by atoms with van der Waals surface area (Å²) < 4.78 is 5.20. The molecule has 110 valence electrons. The fourth-order valence-corrected chi connectivity index (χ4v) is 2.97. The van der Waals surface area contributed by atoms with Crippen molar-refractivity contribution in [3.05, 3.63) is 48.0 Å². The van der Waals surface area contributed by atoms with E-state index in [9.17, 15) is 0 Å².